The van der Waals surface area contributed by atoms with Gasteiger partial charge in [0.1, 0.15) is 0 Å². The summed E-state index contributed by atoms with van der Waals surface area (Å²) in [6.07, 6.45) is 1.98. The molecular formula is C17H18N4O2. The highest BCUT2D eigenvalue weighted by Gasteiger charge is 2.32. The fourth-order valence-corrected chi connectivity index (χ4v) is 3.17. The number of rotatable bonds is 2. The van der Waals surface area contributed by atoms with Crippen molar-refractivity contribution >= 4 is 16.8 Å². The third-order valence-corrected chi connectivity index (χ3v) is 4.39. The summed E-state index contributed by atoms with van der Waals surface area (Å²) in [4.78, 5) is 14.9. The molecule has 0 aliphatic carbocycles. The van der Waals surface area contributed by atoms with Gasteiger partial charge in [0.15, 0.2) is 5.69 Å². The average molecular weight is 310 g/mol. The number of ether oxygens (including phenoxy) is 1. The molecule has 1 N–H and O–H groups in total. The van der Waals surface area contributed by atoms with E-state index in [1.807, 2.05) is 59.1 Å². The first-order valence-electron chi connectivity index (χ1n) is 7.69. The third kappa shape index (κ3) is 2.31. The Morgan fingerprint density at radius 3 is 3.00 bits per heavy atom. The maximum absolute atomic E-state index is 13.1. The van der Waals surface area contributed by atoms with Crippen molar-refractivity contribution < 1.29 is 9.53 Å². The summed E-state index contributed by atoms with van der Waals surface area (Å²) in [6, 6.07) is 11.6. The van der Waals surface area contributed by atoms with Crippen LogP contribution in [0.2, 0.25) is 0 Å². The molecule has 2 aromatic heterocycles. The van der Waals surface area contributed by atoms with Gasteiger partial charge in [-0.05, 0) is 18.2 Å². The van der Waals surface area contributed by atoms with E-state index in [0.29, 0.717) is 25.5 Å². The first kappa shape index (κ1) is 14.0. The van der Waals surface area contributed by atoms with Gasteiger partial charge in [0.25, 0.3) is 5.91 Å². The number of benzene rings is 1. The van der Waals surface area contributed by atoms with Crippen LogP contribution < -0.4 is 0 Å². The second-order valence-electron chi connectivity index (χ2n) is 5.75. The highest BCUT2D eigenvalue weighted by atomic mass is 16.5. The Kier molecular flexibility index (Phi) is 3.38. The SMILES string of the molecule is Cn1cccc1[C@H]1COCCN1C(=O)c1n[nH]c2ccccc12. The Morgan fingerprint density at radius 1 is 1.30 bits per heavy atom. The number of carbonyl (C=O) groups excluding carboxylic acids is 1. The van der Waals surface area contributed by atoms with Gasteiger partial charge in [-0.3, -0.25) is 9.89 Å². The van der Waals surface area contributed by atoms with Crippen molar-refractivity contribution in [1.29, 1.82) is 0 Å². The van der Waals surface area contributed by atoms with Crippen LogP contribution in [0.1, 0.15) is 22.2 Å². The molecule has 0 unspecified atom stereocenters. The molecule has 1 saturated heterocycles. The highest BCUT2D eigenvalue weighted by Crippen LogP contribution is 2.27. The zero-order valence-corrected chi connectivity index (χ0v) is 12.9. The number of carbonyl (C=O) groups is 1. The summed E-state index contributed by atoms with van der Waals surface area (Å²) in [6.45, 7) is 1.62. The summed E-state index contributed by atoms with van der Waals surface area (Å²) in [5.41, 5.74) is 2.42. The number of H-pyrrole nitrogens is 1. The molecule has 6 heteroatoms. The van der Waals surface area contributed by atoms with Crippen LogP contribution in [-0.2, 0) is 11.8 Å². The summed E-state index contributed by atoms with van der Waals surface area (Å²) >= 11 is 0. The quantitative estimate of drug-likeness (QED) is 0.788. The lowest BCUT2D eigenvalue weighted by Gasteiger charge is -2.35. The minimum atomic E-state index is -0.0910. The summed E-state index contributed by atoms with van der Waals surface area (Å²) < 4.78 is 7.64. The number of aryl methyl sites for hydroxylation is 1. The predicted molar refractivity (Wildman–Crippen MR) is 86.1 cm³/mol. The van der Waals surface area contributed by atoms with E-state index in [4.69, 9.17) is 4.74 Å². The number of morpholine rings is 1. The lowest BCUT2D eigenvalue weighted by molar-refractivity contribution is -0.00484. The van der Waals surface area contributed by atoms with Gasteiger partial charge in [0, 0.05) is 30.9 Å². The van der Waals surface area contributed by atoms with E-state index in [-0.39, 0.29) is 11.9 Å². The number of aromatic nitrogens is 3. The summed E-state index contributed by atoms with van der Waals surface area (Å²) in [5, 5.41) is 8.04. The Labute approximate surface area is 133 Å². The fraction of sp³-hybridized carbons (Fsp3) is 0.294. The van der Waals surface area contributed by atoms with Crippen LogP contribution in [0.3, 0.4) is 0 Å². The van der Waals surface area contributed by atoms with Crippen molar-refractivity contribution in [3.8, 4) is 0 Å². The van der Waals surface area contributed by atoms with Crippen molar-refractivity contribution in [3.05, 3.63) is 54.0 Å². The molecule has 6 nitrogen and oxygen atoms in total. The number of nitrogens with one attached hydrogen (secondary N) is 1. The second-order valence-corrected chi connectivity index (χ2v) is 5.75. The Bertz CT molecular complexity index is 851. The Hall–Kier alpha value is -2.60. The number of fused-ring (bicyclic) bond motifs is 1. The van der Waals surface area contributed by atoms with Gasteiger partial charge >= 0.3 is 0 Å². The Morgan fingerprint density at radius 2 is 2.17 bits per heavy atom. The van der Waals surface area contributed by atoms with Crippen LogP contribution in [0.4, 0.5) is 0 Å². The molecule has 1 aliphatic rings. The molecule has 0 radical (unpaired) electrons. The zero-order chi connectivity index (χ0) is 15.8. The standard InChI is InChI=1S/C17H18N4O2/c1-20-8-4-7-14(20)15-11-23-10-9-21(15)17(22)16-12-5-2-3-6-13(12)18-19-16/h2-8,15H,9-11H2,1H3,(H,18,19)/t15-/m1/s1. The average Bonchev–Trinajstić information content (AvgIpc) is 3.20. The lowest BCUT2D eigenvalue weighted by atomic mass is 10.1. The molecule has 0 saturated carbocycles. The minimum Gasteiger partial charge on any atom is -0.377 e. The molecule has 1 atom stereocenters. The molecule has 1 aromatic carbocycles. The largest absolute Gasteiger partial charge is 0.377 e. The summed E-state index contributed by atoms with van der Waals surface area (Å²) in [7, 11) is 1.98. The molecule has 4 rings (SSSR count). The molecule has 3 aromatic rings. The third-order valence-electron chi connectivity index (χ3n) is 4.39. The van der Waals surface area contributed by atoms with Crippen molar-refractivity contribution in [3.63, 3.8) is 0 Å². The maximum Gasteiger partial charge on any atom is 0.275 e. The molecule has 0 spiro atoms. The molecule has 118 valence electrons. The van der Waals surface area contributed by atoms with Crippen LogP contribution in [0.15, 0.2) is 42.6 Å². The number of amides is 1. The number of hydrogen-bond donors (Lipinski definition) is 1. The smallest absolute Gasteiger partial charge is 0.275 e. The van der Waals surface area contributed by atoms with Gasteiger partial charge in [0.2, 0.25) is 0 Å². The van der Waals surface area contributed by atoms with E-state index in [0.717, 1.165) is 16.6 Å². The van der Waals surface area contributed by atoms with Gasteiger partial charge < -0.3 is 14.2 Å². The summed E-state index contributed by atoms with van der Waals surface area (Å²) in [5.74, 6) is -0.0584. The number of nitrogens with zero attached hydrogens (tertiary/aromatic N) is 3. The van der Waals surface area contributed by atoms with Gasteiger partial charge in [-0.15, -0.1) is 0 Å². The Balaban J connectivity index is 1.72. The van der Waals surface area contributed by atoms with Crippen molar-refractivity contribution in [2.45, 2.75) is 6.04 Å². The van der Waals surface area contributed by atoms with E-state index in [1.54, 1.807) is 0 Å². The van der Waals surface area contributed by atoms with Crippen LogP contribution >= 0.6 is 0 Å². The van der Waals surface area contributed by atoms with E-state index in [1.165, 1.54) is 0 Å². The van der Waals surface area contributed by atoms with Crippen LogP contribution in [0, 0.1) is 0 Å². The van der Waals surface area contributed by atoms with Crippen molar-refractivity contribution in [2.75, 3.05) is 19.8 Å². The maximum atomic E-state index is 13.1. The van der Waals surface area contributed by atoms with Crippen LogP contribution in [-0.4, -0.2) is 45.3 Å². The molecule has 1 fully saturated rings. The van der Waals surface area contributed by atoms with Gasteiger partial charge in [0.05, 0.1) is 24.8 Å². The number of aromatic amines is 1. The predicted octanol–water partition coefficient (Wildman–Crippen LogP) is 2.12. The molecular weight excluding hydrogens is 292 g/mol. The van der Waals surface area contributed by atoms with Gasteiger partial charge in [-0.25, -0.2) is 0 Å². The second kappa shape index (κ2) is 5.55. The molecule has 1 aliphatic heterocycles. The number of hydrogen-bond acceptors (Lipinski definition) is 3. The van der Waals surface area contributed by atoms with Crippen molar-refractivity contribution in [1.82, 2.24) is 19.7 Å². The van der Waals surface area contributed by atoms with Crippen LogP contribution in [0.25, 0.3) is 10.9 Å². The number of para-hydroxylation sites is 1. The van der Waals surface area contributed by atoms with Gasteiger partial charge in [-0.1, -0.05) is 18.2 Å². The van der Waals surface area contributed by atoms with Crippen LogP contribution in [0.5, 0.6) is 0 Å². The fourth-order valence-electron chi connectivity index (χ4n) is 3.17. The van der Waals surface area contributed by atoms with Gasteiger partial charge in [-0.2, -0.15) is 5.10 Å². The first-order valence-corrected chi connectivity index (χ1v) is 7.69. The lowest BCUT2D eigenvalue weighted by Crippen LogP contribution is -2.44. The molecule has 0 bridgehead atoms. The minimum absolute atomic E-state index is 0.0584. The first-order chi connectivity index (χ1) is 11.3. The van der Waals surface area contributed by atoms with E-state index < -0.39 is 0 Å². The van der Waals surface area contributed by atoms with E-state index in [9.17, 15) is 4.79 Å². The van der Waals surface area contributed by atoms with Crippen molar-refractivity contribution in [2.24, 2.45) is 7.05 Å². The molecule has 1 amide bonds. The highest BCUT2D eigenvalue weighted by molar-refractivity contribution is 6.04. The monoisotopic (exact) mass is 310 g/mol. The van der Waals surface area contributed by atoms with E-state index in [2.05, 4.69) is 10.2 Å². The zero-order valence-electron chi connectivity index (χ0n) is 12.9. The topological polar surface area (TPSA) is 63.1 Å². The molecule has 3 heterocycles. The van der Waals surface area contributed by atoms with E-state index >= 15 is 0 Å². The normalized spacial score (nSPS) is 18.5. The molecule has 23 heavy (non-hydrogen) atoms.